The van der Waals surface area contributed by atoms with Crippen molar-refractivity contribution in [3.05, 3.63) is 24.3 Å². The molecule has 1 aromatic rings. The van der Waals surface area contributed by atoms with Crippen molar-refractivity contribution in [2.45, 2.75) is 69.9 Å². The Kier molecular flexibility index (Phi) is 6.86. The lowest BCUT2D eigenvalue weighted by atomic mass is 9.93. The fourth-order valence-corrected chi connectivity index (χ4v) is 7.07. The Hall–Kier alpha value is -1.76. The lowest BCUT2D eigenvalue weighted by Crippen LogP contribution is -2.50. The van der Waals surface area contributed by atoms with Crippen LogP contribution in [-0.4, -0.2) is 62.4 Å². The number of carbonyl (C=O) groups is 1. The number of anilines is 2. The normalized spacial score (nSPS) is 24.5. The van der Waals surface area contributed by atoms with Gasteiger partial charge < -0.3 is 15.1 Å². The number of hydrogen-bond donors (Lipinski definition) is 1. The van der Waals surface area contributed by atoms with Gasteiger partial charge in [0, 0.05) is 25.2 Å². The molecule has 1 N–H and O–H groups in total. The fraction of sp³-hybridized carbons (Fsp3) is 0.696. The van der Waals surface area contributed by atoms with Gasteiger partial charge in [-0.05, 0) is 50.7 Å². The summed E-state index contributed by atoms with van der Waals surface area (Å²) in [5.41, 5.74) is 2.16. The van der Waals surface area contributed by atoms with E-state index in [1.54, 1.807) is 0 Å². The van der Waals surface area contributed by atoms with Gasteiger partial charge in [-0.3, -0.25) is 4.79 Å². The molecule has 0 spiro atoms. The number of nitrogens with one attached hydrogen (secondary N) is 1. The number of rotatable bonds is 6. The first-order valence-electron chi connectivity index (χ1n) is 11.6. The number of hydrogen-bond acceptors (Lipinski definition) is 5. The van der Waals surface area contributed by atoms with E-state index in [2.05, 4.69) is 22.3 Å². The summed E-state index contributed by atoms with van der Waals surface area (Å²) in [4.78, 5) is 17.7. The Morgan fingerprint density at radius 2 is 1.67 bits per heavy atom. The summed E-state index contributed by atoms with van der Waals surface area (Å²) in [5.74, 6) is 0.372. The van der Waals surface area contributed by atoms with Crippen LogP contribution in [0.2, 0.25) is 0 Å². The molecule has 166 valence electrons. The third kappa shape index (κ3) is 5.10. The highest BCUT2D eigenvalue weighted by atomic mass is 32.2. The molecular formula is C23H35N3O3S. The van der Waals surface area contributed by atoms with Gasteiger partial charge in [0.2, 0.25) is 5.91 Å². The maximum atomic E-state index is 13.4. The Morgan fingerprint density at radius 1 is 0.967 bits per heavy atom. The van der Waals surface area contributed by atoms with E-state index in [0.29, 0.717) is 6.42 Å². The van der Waals surface area contributed by atoms with E-state index in [0.717, 1.165) is 50.1 Å². The Labute approximate surface area is 180 Å². The average molecular weight is 434 g/mol. The second kappa shape index (κ2) is 9.58. The third-order valence-electron chi connectivity index (χ3n) is 6.89. The number of sulfone groups is 1. The summed E-state index contributed by atoms with van der Waals surface area (Å²) in [6.45, 7) is 2.33. The second-order valence-corrected chi connectivity index (χ2v) is 11.3. The molecule has 0 radical (unpaired) electrons. The topological polar surface area (TPSA) is 69.7 Å². The molecule has 3 aliphatic rings. The summed E-state index contributed by atoms with van der Waals surface area (Å²) in [7, 11) is -3.02. The summed E-state index contributed by atoms with van der Waals surface area (Å²) in [6.07, 6.45) is 9.72. The first kappa shape index (κ1) is 21.5. The molecule has 2 saturated heterocycles. The number of carbonyl (C=O) groups excluding carboxylic acids is 1. The van der Waals surface area contributed by atoms with E-state index >= 15 is 0 Å². The summed E-state index contributed by atoms with van der Waals surface area (Å²) in [6, 6.07) is 8.24. The number of para-hydroxylation sites is 2. The minimum atomic E-state index is -3.02. The minimum absolute atomic E-state index is 0.0393. The molecule has 6 nitrogen and oxygen atoms in total. The fourth-order valence-electron chi connectivity index (χ4n) is 5.36. The standard InChI is InChI=1S/C23H35N3O3S/c27-23(17-24-21-11-5-6-12-22(21)25-14-7-2-8-15-25)26(19-9-3-1-4-10-19)20-13-16-30(28,29)18-20/h5-6,11-12,19-20,24H,1-4,7-10,13-18H2. The second-order valence-electron chi connectivity index (χ2n) is 9.07. The zero-order valence-electron chi connectivity index (χ0n) is 17.9. The summed E-state index contributed by atoms with van der Waals surface area (Å²) in [5, 5.41) is 3.39. The monoisotopic (exact) mass is 433 g/mol. The predicted octanol–water partition coefficient (Wildman–Crippen LogP) is 3.44. The molecule has 3 fully saturated rings. The highest BCUT2D eigenvalue weighted by molar-refractivity contribution is 7.91. The molecular weight excluding hydrogens is 398 g/mol. The Balaban J connectivity index is 1.46. The van der Waals surface area contributed by atoms with Crippen LogP contribution in [0.4, 0.5) is 11.4 Å². The SMILES string of the molecule is O=C(CNc1ccccc1N1CCCCC1)N(C1CCCCC1)C1CCS(=O)(=O)C1. The van der Waals surface area contributed by atoms with Gasteiger partial charge in [0.25, 0.3) is 0 Å². The van der Waals surface area contributed by atoms with Crippen LogP contribution in [0.3, 0.4) is 0 Å². The molecule has 0 bridgehead atoms. The highest BCUT2D eigenvalue weighted by Crippen LogP contribution is 2.30. The van der Waals surface area contributed by atoms with E-state index in [9.17, 15) is 13.2 Å². The molecule has 7 heteroatoms. The van der Waals surface area contributed by atoms with Gasteiger partial charge in [0.15, 0.2) is 9.84 Å². The van der Waals surface area contributed by atoms with E-state index in [-0.39, 0.29) is 36.0 Å². The van der Waals surface area contributed by atoms with Crippen LogP contribution >= 0.6 is 0 Å². The molecule has 1 aliphatic carbocycles. The molecule has 30 heavy (non-hydrogen) atoms. The number of amides is 1. The molecule has 1 saturated carbocycles. The molecule has 1 unspecified atom stereocenters. The van der Waals surface area contributed by atoms with Crippen LogP contribution in [-0.2, 0) is 14.6 Å². The summed E-state index contributed by atoms with van der Waals surface area (Å²) < 4.78 is 24.2. The van der Waals surface area contributed by atoms with Crippen molar-refractivity contribution in [3.8, 4) is 0 Å². The Morgan fingerprint density at radius 3 is 2.37 bits per heavy atom. The summed E-state index contributed by atoms with van der Waals surface area (Å²) >= 11 is 0. The first-order valence-corrected chi connectivity index (χ1v) is 13.4. The van der Waals surface area contributed by atoms with E-state index < -0.39 is 9.84 Å². The van der Waals surface area contributed by atoms with Crippen LogP contribution in [0.1, 0.15) is 57.8 Å². The van der Waals surface area contributed by atoms with Crippen molar-refractivity contribution in [2.24, 2.45) is 0 Å². The lowest BCUT2D eigenvalue weighted by molar-refractivity contribution is -0.134. The smallest absolute Gasteiger partial charge is 0.242 e. The molecule has 1 aromatic carbocycles. The van der Waals surface area contributed by atoms with Crippen molar-refractivity contribution in [1.82, 2.24) is 4.90 Å². The van der Waals surface area contributed by atoms with Gasteiger partial charge >= 0.3 is 0 Å². The maximum absolute atomic E-state index is 13.4. The van der Waals surface area contributed by atoms with Crippen molar-refractivity contribution in [1.29, 1.82) is 0 Å². The average Bonchev–Trinajstić information content (AvgIpc) is 3.13. The number of piperidine rings is 1. The molecule has 4 rings (SSSR count). The van der Waals surface area contributed by atoms with E-state index in [1.807, 2.05) is 17.0 Å². The highest BCUT2D eigenvalue weighted by Gasteiger charge is 2.38. The molecule has 2 aliphatic heterocycles. The molecule has 1 atom stereocenters. The zero-order valence-corrected chi connectivity index (χ0v) is 18.7. The van der Waals surface area contributed by atoms with Crippen LogP contribution in [0.25, 0.3) is 0 Å². The number of benzene rings is 1. The van der Waals surface area contributed by atoms with Gasteiger partial charge in [0.1, 0.15) is 0 Å². The molecule has 2 heterocycles. The number of nitrogens with zero attached hydrogens (tertiary/aromatic N) is 2. The maximum Gasteiger partial charge on any atom is 0.242 e. The van der Waals surface area contributed by atoms with Crippen LogP contribution in [0.15, 0.2) is 24.3 Å². The van der Waals surface area contributed by atoms with E-state index in [4.69, 9.17) is 0 Å². The van der Waals surface area contributed by atoms with Gasteiger partial charge in [-0.15, -0.1) is 0 Å². The van der Waals surface area contributed by atoms with Crippen molar-refractivity contribution >= 4 is 27.1 Å². The van der Waals surface area contributed by atoms with Gasteiger partial charge in [-0.1, -0.05) is 31.4 Å². The predicted molar refractivity (Wildman–Crippen MR) is 122 cm³/mol. The van der Waals surface area contributed by atoms with Gasteiger partial charge in [-0.25, -0.2) is 8.42 Å². The quantitative estimate of drug-likeness (QED) is 0.744. The third-order valence-corrected chi connectivity index (χ3v) is 8.64. The first-order chi connectivity index (χ1) is 14.5. The molecule has 1 amide bonds. The van der Waals surface area contributed by atoms with Crippen LogP contribution in [0, 0.1) is 0 Å². The molecule has 0 aromatic heterocycles. The lowest BCUT2D eigenvalue weighted by Gasteiger charge is -2.38. The van der Waals surface area contributed by atoms with Crippen molar-refractivity contribution in [2.75, 3.05) is 41.4 Å². The van der Waals surface area contributed by atoms with Gasteiger partial charge in [0.05, 0.1) is 29.4 Å². The largest absolute Gasteiger partial charge is 0.374 e. The van der Waals surface area contributed by atoms with Crippen LogP contribution < -0.4 is 10.2 Å². The van der Waals surface area contributed by atoms with Crippen molar-refractivity contribution < 1.29 is 13.2 Å². The van der Waals surface area contributed by atoms with Crippen LogP contribution in [0.5, 0.6) is 0 Å². The van der Waals surface area contributed by atoms with E-state index in [1.165, 1.54) is 25.7 Å². The van der Waals surface area contributed by atoms with Crippen molar-refractivity contribution in [3.63, 3.8) is 0 Å². The Bertz CT molecular complexity index is 830. The zero-order chi connectivity index (χ0) is 21.0. The van der Waals surface area contributed by atoms with Gasteiger partial charge in [-0.2, -0.15) is 0 Å². The minimum Gasteiger partial charge on any atom is -0.374 e.